The molecular weight excluding hydrogens is 462 g/mol. The Labute approximate surface area is 182 Å². The van der Waals surface area contributed by atoms with Crippen LogP contribution in [0.25, 0.3) is 0 Å². The monoisotopic (exact) mass is 484 g/mol. The van der Waals surface area contributed by atoms with Crippen LogP contribution in [0.1, 0.15) is 28.8 Å². The zero-order valence-corrected chi connectivity index (χ0v) is 18.3. The molecule has 9 heteroatoms. The Bertz CT molecular complexity index is 909. The molecule has 0 spiro atoms. The Kier molecular flexibility index (Phi) is 9.04. The van der Waals surface area contributed by atoms with Crippen LogP contribution in [0.15, 0.2) is 34.8 Å². The van der Waals surface area contributed by atoms with Crippen LogP contribution in [0.2, 0.25) is 0 Å². The van der Waals surface area contributed by atoms with Gasteiger partial charge < -0.3 is 20.1 Å². The summed E-state index contributed by atoms with van der Waals surface area (Å²) < 4.78 is 37.8. The molecule has 0 unspecified atom stereocenters. The van der Waals surface area contributed by atoms with E-state index in [-0.39, 0.29) is 24.4 Å². The molecule has 30 heavy (non-hydrogen) atoms. The van der Waals surface area contributed by atoms with Gasteiger partial charge in [-0.2, -0.15) is 0 Å². The lowest BCUT2D eigenvalue weighted by Crippen LogP contribution is -2.29. The first kappa shape index (κ1) is 23.6. The van der Waals surface area contributed by atoms with E-state index in [1.54, 1.807) is 14.2 Å². The van der Waals surface area contributed by atoms with Crippen molar-refractivity contribution in [1.29, 1.82) is 0 Å². The fourth-order valence-corrected chi connectivity index (χ4v) is 3.25. The minimum Gasteiger partial charge on any atom is -0.493 e. The number of hydrogen-bond acceptors (Lipinski definition) is 4. The number of methoxy groups -OCH3 is 2. The fraction of sp³-hybridized carbons (Fsp3) is 0.333. The van der Waals surface area contributed by atoms with Crippen molar-refractivity contribution < 1.29 is 27.8 Å². The molecule has 0 saturated carbocycles. The molecule has 0 saturated heterocycles. The summed E-state index contributed by atoms with van der Waals surface area (Å²) in [5.41, 5.74) is 0.725. The molecule has 0 aromatic heterocycles. The predicted octanol–water partition coefficient (Wildman–Crippen LogP) is 3.61. The molecule has 0 aliphatic carbocycles. The summed E-state index contributed by atoms with van der Waals surface area (Å²) in [4.78, 5) is 23.8. The van der Waals surface area contributed by atoms with Crippen LogP contribution in [0, 0.1) is 11.6 Å². The smallest absolute Gasteiger partial charge is 0.254 e. The third-order valence-electron chi connectivity index (χ3n) is 4.31. The van der Waals surface area contributed by atoms with Gasteiger partial charge in [-0.05, 0) is 42.7 Å². The highest BCUT2D eigenvalue weighted by Crippen LogP contribution is 2.33. The van der Waals surface area contributed by atoms with Crippen LogP contribution >= 0.6 is 15.9 Å². The number of rotatable bonds is 10. The summed E-state index contributed by atoms with van der Waals surface area (Å²) in [5.74, 6) is -1.26. The highest BCUT2D eigenvalue weighted by atomic mass is 79.9. The van der Waals surface area contributed by atoms with E-state index in [4.69, 9.17) is 9.47 Å². The number of benzene rings is 2. The summed E-state index contributed by atoms with van der Waals surface area (Å²) in [6, 6.07) is 6.40. The first-order valence-electron chi connectivity index (χ1n) is 9.26. The Hall–Kier alpha value is -2.68. The Morgan fingerprint density at radius 2 is 1.70 bits per heavy atom. The molecule has 2 rings (SSSR count). The standard InChI is InChI=1S/C21H23BrF2N2O4/c1-29-18-10-13(16(22)12-19(18)30-2)7-9-25-20(27)4-3-8-26-21(28)15-6-5-14(23)11-17(15)24/h5-6,10-12H,3-4,7-9H2,1-2H3,(H,25,27)(H,26,28). The van der Waals surface area contributed by atoms with E-state index in [1.165, 1.54) is 0 Å². The molecule has 2 amide bonds. The topological polar surface area (TPSA) is 76.7 Å². The molecule has 6 nitrogen and oxygen atoms in total. The average Bonchev–Trinajstić information content (AvgIpc) is 2.71. The van der Waals surface area contributed by atoms with Crippen molar-refractivity contribution in [2.45, 2.75) is 19.3 Å². The Morgan fingerprint density at radius 1 is 1.00 bits per heavy atom. The van der Waals surface area contributed by atoms with Crippen LogP contribution in [0.5, 0.6) is 11.5 Å². The number of amides is 2. The van der Waals surface area contributed by atoms with E-state index in [0.717, 1.165) is 22.2 Å². The lowest BCUT2D eigenvalue weighted by atomic mass is 10.1. The maximum atomic E-state index is 13.6. The average molecular weight is 485 g/mol. The highest BCUT2D eigenvalue weighted by molar-refractivity contribution is 9.10. The van der Waals surface area contributed by atoms with Gasteiger partial charge in [-0.3, -0.25) is 9.59 Å². The summed E-state index contributed by atoms with van der Waals surface area (Å²) in [6.07, 6.45) is 1.19. The molecular formula is C21H23BrF2N2O4. The van der Waals surface area contributed by atoms with Crippen LogP contribution in [0.4, 0.5) is 8.78 Å². The van der Waals surface area contributed by atoms with Crippen molar-refractivity contribution in [2.75, 3.05) is 27.3 Å². The largest absolute Gasteiger partial charge is 0.493 e. The normalized spacial score (nSPS) is 10.4. The molecule has 2 N–H and O–H groups in total. The van der Waals surface area contributed by atoms with Gasteiger partial charge in [0, 0.05) is 30.0 Å². The highest BCUT2D eigenvalue weighted by Gasteiger charge is 2.12. The van der Waals surface area contributed by atoms with Gasteiger partial charge in [-0.25, -0.2) is 8.78 Å². The Balaban J connectivity index is 1.71. The van der Waals surface area contributed by atoms with Crippen LogP contribution < -0.4 is 20.1 Å². The van der Waals surface area contributed by atoms with Gasteiger partial charge in [0.2, 0.25) is 5.91 Å². The summed E-state index contributed by atoms with van der Waals surface area (Å²) >= 11 is 3.48. The molecule has 2 aromatic carbocycles. The molecule has 0 fully saturated rings. The second-order valence-electron chi connectivity index (χ2n) is 6.38. The zero-order valence-electron chi connectivity index (χ0n) is 16.7. The maximum Gasteiger partial charge on any atom is 0.254 e. The second kappa shape index (κ2) is 11.5. The second-order valence-corrected chi connectivity index (χ2v) is 7.24. The van der Waals surface area contributed by atoms with E-state index in [1.807, 2.05) is 12.1 Å². The quantitative estimate of drug-likeness (QED) is 0.505. The third kappa shape index (κ3) is 6.69. The van der Waals surface area contributed by atoms with Crippen molar-refractivity contribution in [2.24, 2.45) is 0 Å². The number of hydrogen-bond donors (Lipinski definition) is 2. The molecule has 0 bridgehead atoms. The minimum atomic E-state index is -0.924. The molecule has 0 aliphatic heterocycles. The van der Waals surface area contributed by atoms with E-state index in [0.29, 0.717) is 37.0 Å². The summed E-state index contributed by atoms with van der Waals surface area (Å²) in [6.45, 7) is 0.629. The number of ether oxygens (including phenoxy) is 2. The zero-order chi connectivity index (χ0) is 22.1. The van der Waals surface area contributed by atoms with Gasteiger partial charge >= 0.3 is 0 Å². The lowest BCUT2D eigenvalue weighted by Gasteiger charge is -2.12. The van der Waals surface area contributed by atoms with Crippen LogP contribution in [-0.2, 0) is 11.2 Å². The first-order chi connectivity index (χ1) is 14.3. The van der Waals surface area contributed by atoms with Crippen molar-refractivity contribution in [3.05, 3.63) is 57.6 Å². The molecule has 2 aromatic rings. The summed E-state index contributed by atoms with van der Waals surface area (Å²) in [5, 5.41) is 5.33. The van der Waals surface area contributed by atoms with Crippen LogP contribution in [0.3, 0.4) is 0 Å². The summed E-state index contributed by atoms with van der Waals surface area (Å²) in [7, 11) is 3.11. The number of nitrogens with one attached hydrogen (secondary N) is 2. The van der Waals surface area contributed by atoms with Gasteiger partial charge in [0.25, 0.3) is 5.91 Å². The van der Waals surface area contributed by atoms with Gasteiger partial charge in [-0.1, -0.05) is 15.9 Å². The SMILES string of the molecule is COc1cc(Br)c(CCNC(=O)CCCNC(=O)c2ccc(F)cc2F)cc1OC. The van der Waals surface area contributed by atoms with Crippen LogP contribution in [-0.4, -0.2) is 39.1 Å². The molecule has 0 heterocycles. The molecule has 0 atom stereocenters. The number of carbonyl (C=O) groups excluding carboxylic acids is 2. The number of halogens is 3. The van der Waals surface area contributed by atoms with E-state index in [9.17, 15) is 18.4 Å². The Morgan fingerprint density at radius 3 is 2.37 bits per heavy atom. The van der Waals surface area contributed by atoms with Crippen molar-refractivity contribution >= 4 is 27.7 Å². The van der Waals surface area contributed by atoms with Gasteiger partial charge in [0.05, 0.1) is 19.8 Å². The van der Waals surface area contributed by atoms with Crippen molar-refractivity contribution in [3.8, 4) is 11.5 Å². The van der Waals surface area contributed by atoms with Gasteiger partial charge in [-0.15, -0.1) is 0 Å². The van der Waals surface area contributed by atoms with Crippen molar-refractivity contribution in [1.82, 2.24) is 10.6 Å². The first-order valence-corrected chi connectivity index (χ1v) is 10.0. The molecule has 162 valence electrons. The van der Waals surface area contributed by atoms with E-state index < -0.39 is 17.5 Å². The van der Waals surface area contributed by atoms with E-state index in [2.05, 4.69) is 26.6 Å². The lowest BCUT2D eigenvalue weighted by molar-refractivity contribution is -0.121. The van der Waals surface area contributed by atoms with Gasteiger partial charge in [0.1, 0.15) is 11.6 Å². The number of carbonyl (C=O) groups is 2. The van der Waals surface area contributed by atoms with E-state index >= 15 is 0 Å². The molecule has 0 aliphatic rings. The fourth-order valence-electron chi connectivity index (χ4n) is 2.73. The molecule has 0 radical (unpaired) electrons. The predicted molar refractivity (Wildman–Crippen MR) is 112 cm³/mol. The van der Waals surface area contributed by atoms with Gasteiger partial charge in [0.15, 0.2) is 11.5 Å². The maximum absolute atomic E-state index is 13.6. The minimum absolute atomic E-state index is 0.159. The third-order valence-corrected chi connectivity index (χ3v) is 5.05. The van der Waals surface area contributed by atoms with Crippen molar-refractivity contribution in [3.63, 3.8) is 0 Å².